The summed E-state index contributed by atoms with van der Waals surface area (Å²) in [6.45, 7) is 3.74. The molecule has 1 saturated heterocycles. The predicted octanol–water partition coefficient (Wildman–Crippen LogP) is 5.23. The van der Waals surface area contributed by atoms with Crippen molar-refractivity contribution in [3.05, 3.63) is 76.0 Å². The van der Waals surface area contributed by atoms with Crippen molar-refractivity contribution in [2.75, 3.05) is 52.4 Å². The SMILES string of the molecule is CCOC(=O)c1ccc(NC(=O)N(CC(=O)N(CCc2ccc(OC)c(OC)c2)Cc2cccs2)CC2CCCO2)cc1. The van der Waals surface area contributed by atoms with E-state index < -0.39 is 12.0 Å². The van der Waals surface area contributed by atoms with E-state index in [-0.39, 0.29) is 25.2 Å². The Hall–Kier alpha value is -4.09. The number of carbonyl (C=O) groups excluding carboxylic acids is 3. The number of hydrogen-bond donors (Lipinski definition) is 1. The van der Waals surface area contributed by atoms with Gasteiger partial charge in [-0.25, -0.2) is 9.59 Å². The number of carbonyl (C=O) groups is 3. The summed E-state index contributed by atoms with van der Waals surface area (Å²) in [7, 11) is 3.19. The summed E-state index contributed by atoms with van der Waals surface area (Å²) in [6, 6.07) is 15.7. The molecule has 1 aliphatic heterocycles. The van der Waals surface area contributed by atoms with Crippen molar-refractivity contribution in [1.29, 1.82) is 0 Å². The topological polar surface area (TPSA) is 107 Å². The van der Waals surface area contributed by atoms with Gasteiger partial charge in [0.15, 0.2) is 11.5 Å². The molecule has 11 heteroatoms. The molecule has 3 amide bonds. The van der Waals surface area contributed by atoms with E-state index in [1.807, 2.05) is 35.7 Å². The number of urea groups is 1. The fourth-order valence-electron chi connectivity index (χ4n) is 4.81. The molecular formula is C32H39N3O7S. The van der Waals surface area contributed by atoms with Crippen molar-refractivity contribution in [3.63, 3.8) is 0 Å². The van der Waals surface area contributed by atoms with Gasteiger partial charge in [-0.15, -0.1) is 11.3 Å². The smallest absolute Gasteiger partial charge is 0.338 e. The number of methoxy groups -OCH3 is 2. The number of hydrogen-bond acceptors (Lipinski definition) is 8. The third-order valence-electron chi connectivity index (χ3n) is 7.11. The van der Waals surface area contributed by atoms with Gasteiger partial charge in [-0.05, 0) is 79.6 Å². The first-order chi connectivity index (χ1) is 20.9. The normalized spacial score (nSPS) is 14.2. The van der Waals surface area contributed by atoms with Gasteiger partial charge < -0.3 is 34.1 Å². The molecule has 0 spiro atoms. The Kier molecular flexibility index (Phi) is 11.8. The summed E-state index contributed by atoms with van der Waals surface area (Å²) in [5.74, 6) is 0.680. The number of anilines is 1. The predicted molar refractivity (Wildman–Crippen MR) is 165 cm³/mol. The first kappa shape index (κ1) is 31.8. The molecule has 2 aromatic carbocycles. The van der Waals surface area contributed by atoms with Crippen molar-refractivity contribution in [2.45, 2.75) is 38.8 Å². The number of rotatable bonds is 14. The molecule has 1 fully saturated rings. The molecule has 4 rings (SSSR count). The second kappa shape index (κ2) is 15.9. The van der Waals surface area contributed by atoms with E-state index in [0.717, 1.165) is 23.3 Å². The van der Waals surface area contributed by atoms with Gasteiger partial charge in [-0.3, -0.25) is 4.79 Å². The highest BCUT2D eigenvalue weighted by Gasteiger charge is 2.27. The van der Waals surface area contributed by atoms with Crippen LogP contribution in [0.2, 0.25) is 0 Å². The minimum absolute atomic E-state index is 0.107. The second-order valence-corrected chi connectivity index (χ2v) is 11.1. The Morgan fingerprint density at radius 2 is 1.81 bits per heavy atom. The van der Waals surface area contributed by atoms with Crippen LogP contribution in [0.4, 0.5) is 10.5 Å². The summed E-state index contributed by atoms with van der Waals surface area (Å²) in [5, 5.41) is 4.85. The third-order valence-corrected chi connectivity index (χ3v) is 7.97. The zero-order valence-electron chi connectivity index (χ0n) is 24.9. The molecular weight excluding hydrogens is 570 g/mol. The zero-order chi connectivity index (χ0) is 30.6. The van der Waals surface area contributed by atoms with Crippen molar-refractivity contribution in [3.8, 4) is 11.5 Å². The van der Waals surface area contributed by atoms with Gasteiger partial charge in [0.05, 0.1) is 39.0 Å². The minimum atomic E-state index is -0.426. The first-order valence-electron chi connectivity index (χ1n) is 14.4. The van der Waals surface area contributed by atoms with Crippen LogP contribution in [-0.2, 0) is 27.2 Å². The Balaban J connectivity index is 1.47. The molecule has 230 valence electrons. The summed E-state index contributed by atoms with van der Waals surface area (Å²) in [5.41, 5.74) is 1.90. The van der Waals surface area contributed by atoms with Crippen LogP contribution in [0.5, 0.6) is 11.5 Å². The maximum atomic E-state index is 13.8. The van der Waals surface area contributed by atoms with E-state index in [2.05, 4.69) is 5.32 Å². The minimum Gasteiger partial charge on any atom is -0.493 e. The van der Waals surface area contributed by atoms with E-state index in [4.69, 9.17) is 18.9 Å². The number of benzene rings is 2. The van der Waals surface area contributed by atoms with Gasteiger partial charge in [-0.2, -0.15) is 0 Å². The fraction of sp³-hybridized carbons (Fsp3) is 0.406. The molecule has 2 heterocycles. The number of esters is 1. The Bertz CT molecular complexity index is 1340. The van der Waals surface area contributed by atoms with E-state index in [0.29, 0.717) is 55.4 Å². The fourth-order valence-corrected chi connectivity index (χ4v) is 5.53. The lowest BCUT2D eigenvalue weighted by Gasteiger charge is -2.29. The highest BCUT2D eigenvalue weighted by molar-refractivity contribution is 7.09. The highest BCUT2D eigenvalue weighted by Crippen LogP contribution is 2.28. The number of amides is 3. The summed E-state index contributed by atoms with van der Waals surface area (Å²) < 4.78 is 21.6. The zero-order valence-corrected chi connectivity index (χ0v) is 25.7. The van der Waals surface area contributed by atoms with Crippen LogP contribution in [0, 0.1) is 0 Å². The summed E-state index contributed by atoms with van der Waals surface area (Å²) >= 11 is 1.58. The summed E-state index contributed by atoms with van der Waals surface area (Å²) in [6.07, 6.45) is 2.20. The van der Waals surface area contributed by atoms with Gasteiger partial charge >= 0.3 is 12.0 Å². The van der Waals surface area contributed by atoms with Crippen LogP contribution < -0.4 is 14.8 Å². The number of ether oxygens (including phenoxy) is 4. The first-order valence-corrected chi connectivity index (χ1v) is 15.2. The van der Waals surface area contributed by atoms with E-state index in [9.17, 15) is 14.4 Å². The lowest BCUT2D eigenvalue weighted by atomic mass is 10.1. The maximum absolute atomic E-state index is 13.8. The molecule has 1 N–H and O–H groups in total. The van der Waals surface area contributed by atoms with Crippen molar-refractivity contribution in [2.24, 2.45) is 0 Å². The number of nitrogens with zero attached hydrogens (tertiary/aromatic N) is 2. The second-order valence-electron chi connectivity index (χ2n) is 10.1. The average Bonchev–Trinajstić information content (AvgIpc) is 3.74. The largest absolute Gasteiger partial charge is 0.493 e. The third kappa shape index (κ3) is 9.20. The van der Waals surface area contributed by atoms with Gasteiger partial charge in [0.2, 0.25) is 5.91 Å². The quantitative estimate of drug-likeness (QED) is 0.250. The maximum Gasteiger partial charge on any atom is 0.338 e. The Morgan fingerprint density at radius 1 is 1.02 bits per heavy atom. The van der Waals surface area contributed by atoms with Crippen molar-refractivity contribution in [1.82, 2.24) is 9.80 Å². The van der Waals surface area contributed by atoms with Crippen molar-refractivity contribution >= 4 is 34.9 Å². The van der Waals surface area contributed by atoms with E-state index in [1.165, 1.54) is 4.90 Å². The number of nitrogens with one attached hydrogen (secondary N) is 1. The van der Waals surface area contributed by atoms with Gasteiger partial charge in [0, 0.05) is 30.3 Å². The standard InChI is InChI=1S/C32H39N3O7S/c1-4-41-31(37)24-10-12-25(13-11-24)33-32(38)35(20-26-7-5-17-42-26)22-30(36)34(21-27-8-6-18-43-27)16-15-23-9-14-28(39-2)29(19-23)40-3/h6,8-14,18-19,26H,4-5,7,15-17,20-22H2,1-3H3,(H,33,38). The molecule has 0 radical (unpaired) electrons. The van der Waals surface area contributed by atoms with Crippen LogP contribution in [-0.4, -0.2) is 80.9 Å². The van der Waals surface area contributed by atoms with Crippen LogP contribution in [0.1, 0.15) is 40.6 Å². The van der Waals surface area contributed by atoms with Crippen molar-refractivity contribution < 1.29 is 33.3 Å². The van der Waals surface area contributed by atoms with Gasteiger partial charge in [0.1, 0.15) is 6.54 Å². The number of thiophene rings is 1. The lowest BCUT2D eigenvalue weighted by Crippen LogP contribution is -2.47. The average molecular weight is 610 g/mol. The van der Waals surface area contributed by atoms with Crippen LogP contribution in [0.3, 0.4) is 0 Å². The van der Waals surface area contributed by atoms with Gasteiger partial charge in [-0.1, -0.05) is 12.1 Å². The molecule has 1 atom stereocenters. The van der Waals surface area contributed by atoms with E-state index >= 15 is 0 Å². The lowest BCUT2D eigenvalue weighted by molar-refractivity contribution is -0.132. The molecule has 0 bridgehead atoms. The monoisotopic (exact) mass is 609 g/mol. The van der Waals surface area contributed by atoms with Crippen LogP contribution in [0.25, 0.3) is 0 Å². The van der Waals surface area contributed by atoms with Crippen LogP contribution >= 0.6 is 11.3 Å². The molecule has 1 unspecified atom stereocenters. The van der Waals surface area contributed by atoms with Gasteiger partial charge in [0.25, 0.3) is 0 Å². The van der Waals surface area contributed by atoms with E-state index in [1.54, 1.807) is 61.6 Å². The summed E-state index contributed by atoms with van der Waals surface area (Å²) in [4.78, 5) is 43.6. The molecule has 0 saturated carbocycles. The van der Waals surface area contributed by atoms with Crippen LogP contribution in [0.15, 0.2) is 60.0 Å². The Labute approximate surface area is 256 Å². The highest BCUT2D eigenvalue weighted by atomic mass is 32.1. The molecule has 1 aliphatic rings. The molecule has 0 aliphatic carbocycles. The molecule has 3 aromatic rings. The molecule has 10 nitrogen and oxygen atoms in total. The Morgan fingerprint density at radius 3 is 2.47 bits per heavy atom. The molecule has 43 heavy (non-hydrogen) atoms. The molecule has 1 aromatic heterocycles.